The van der Waals surface area contributed by atoms with Crippen LogP contribution < -0.4 is 0 Å². The number of hydrogen-bond acceptors (Lipinski definition) is 5. The Kier molecular flexibility index (Phi) is 5.27. The third-order valence-corrected chi connectivity index (χ3v) is 3.20. The van der Waals surface area contributed by atoms with Crippen molar-refractivity contribution in [2.75, 3.05) is 19.0 Å². The quantitative estimate of drug-likeness (QED) is 0.606. The molecule has 0 radical (unpaired) electrons. The summed E-state index contributed by atoms with van der Waals surface area (Å²) in [4.78, 5) is 34.1. The molecule has 7 heteroatoms. The van der Waals surface area contributed by atoms with E-state index in [2.05, 4.69) is 0 Å². The Hall–Kier alpha value is -1.24. The van der Waals surface area contributed by atoms with Gasteiger partial charge < -0.3 is 14.7 Å². The highest BCUT2D eigenvalue weighted by Crippen LogP contribution is 2.19. The summed E-state index contributed by atoms with van der Waals surface area (Å²) in [5.74, 6) is -0.560. The van der Waals surface area contributed by atoms with Gasteiger partial charge in [-0.3, -0.25) is 9.59 Å². The number of carbonyl (C=O) groups is 3. The van der Waals surface area contributed by atoms with Crippen LogP contribution in [0.1, 0.15) is 19.8 Å². The highest BCUT2D eigenvalue weighted by molar-refractivity contribution is 8.13. The van der Waals surface area contributed by atoms with E-state index in [0.29, 0.717) is 25.9 Å². The molecule has 0 aromatic rings. The van der Waals surface area contributed by atoms with Crippen molar-refractivity contribution in [1.29, 1.82) is 0 Å². The lowest BCUT2D eigenvalue weighted by molar-refractivity contribution is -0.147. The van der Waals surface area contributed by atoms with E-state index in [4.69, 9.17) is 9.84 Å². The first-order valence-electron chi connectivity index (χ1n) is 5.28. The third-order valence-electron chi connectivity index (χ3n) is 2.56. The minimum absolute atomic E-state index is 0.0350. The van der Waals surface area contributed by atoms with Crippen LogP contribution in [0.15, 0.2) is 0 Å². The van der Waals surface area contributed by atoms with Crippen molar-refractivity contribution in [3.8, 4) is 0 Å². The largest absolute Gasteiger partial charge is 0.465 e. The molecule has 0 saturated carbocycles. The number of ether oxygens (including phenoxy) is 1. The van der Waals surface area contributed by atoms with Gasteiger partial charge in [0.2, 0.25) is 0 Å². The van der Waals surface area contributed by atoms with Crippen LogP contribution in [-0.4, -0.2) is 46.2 Å². The number of rotatable bonds is 3. The van der Waals surface area contributed by atoms with Gasteiger partial charge in [0.15, 0.2) is 5.12 Å². The third kappa shape index (κ3) is 4.64. The van der Waals surface area contributed by atoms with Gasteiger partial charge in [0, 0.05) is 20.0 Å². The summed E-state index contributed by atoms with van der Waals surface area (Å²) in [6.45, 7) is 2.12. The van der Waals surface area contributed by atoms with Gasteiger partial charge in [0.05, 0.1) is 5.92 Å². The van der Waals surface area contributed by atoms with Crippen molar-refractivity contribution in [2.45, 2.75) is 19.8 Å². The molecule has 0 aliphatic carbocycles. The Bertz CT molecular complexity index is 312. The van der Waals surface area contributed by atoms with E-state index in [0.717, 1.165) is 11.8 Å². The van der Waals surface area contributed by atoms with Gasteiger partial charge in [0.1, 0.15) is 5.94 Å². The topological polar surface area (TPSA) is 83.9 Å². The monoisotopic (exact) mass is 261 g/mol. The van der Waals surface area contributed by atoms with Crippen LogP contribution in [0.3, 0.4) is 0 Å². The van der Waals surface area contributed by atoms with E-state index in [1.807, 2.05) is 0 Å². The van der Waals surface area contributed by atoms with E-state index < -0.39 is 6.09 Å². The molecule has 0 aromatic carbocycles. The number of esters is 1. The van der Waals surface area contributed by atoms with Gasteiger partial charge >= 0.3 is 12.1 Å². The van der Waals surface area contributed by atoms with E-state index in [9.17, 15) is 14.4 Å². The zero-order chi connectivity index (χ0) is 12.8. The van der Waals surface area contributed by atoms with Gasteiger partial charge in [0.25, 0.3) is 0 Å². The number of carboxylic acid groups (broad SMARTS) is 1. The molecule has 1 amide bonds. The lowest BCUT2D eigenvalue weighted by Crippen LogP contribution is -2.39. The van der Waals surface area contributed by atoms with Crippen molar-refractivity contribution in [3.05, 3.63) is 0 Å². The Morgan fingerprint density at radius 1 is 1.35 bits per heavy atom. The molecule has 0 aromatic heterocycles. The fourth-order valence-electron chi connectivity index (χ4n) is 1.59. The fourth-order valence-corrected chi connectivity index (χ4v) is 1.94. The predicted octanol–water partition coefficient (Wildman–Crippen LogP) is 1.16. The van der Waals surface area contributed by atoms with Crippen molar-refractivity contribution < 1.29 is 24.2 Å². The summed E-state index contributed by atoms with van der Waals surface area (Å²) in [5, 5.41) is 8.64. The number of nitrogens with zero attached hydrogens (tertiary/aromatic N) is 1. The van der Waals surface area contributed by atoms with Gasteiger partial charge in [-0.15, -0.1) is 0 Å². The molecule has 0 unspecified atom stereocenters. The summed E-state index contributed by atoms with van der Waals surface area (Å²) in [5.41, 5.74) is 0. The van der Waals surface area contributed by atoms with Crippen LogP contribution in [0, 0.1) is 5.92 Å². The molecule has 1 aliphatic rings. The SMILES string of the molecule is CC(=O)SCOC(=O)C1CCN(C(=O)O)CC1. The summed E-state index contributed by atoms with van der Waals surface area (Å²) >= 11 is 0.943. The zero-order valence-corrected chi connectivity index (χ0v) is 10.4. The summed E-state index contributed by atoms with van der Waals surface area (Å²) in [7, 11) is 0. The number of thioether (sulfide) groups is 1. The maximum Gasteiger partial charge on any atom is 0.407 e. The van der Waals surface area contributed by atoms with Gasteiger partial charge in [-0.25, -0.2) is 4.79 Å². The molecule has 1 rings (SSSR count). The molecular weight excluding hydrogens is 246 g/mol. The van der Waals surface area contributed by atoms with Crippen LogP contribution in [0.4, 0.5) is 4.79 Å². The highest BCUT2D eigenvalue weighted by atomic mass is 32.2. The van der Waals surface area contributed by atoms with Crippen LogP contribution in [0.25, 0.3) is 0 Å². The van der Waals surface area contributed by atoms with Crippen LogP contribution in [0.2, 0.25) is 0 Å². The molecule has 17 heavy (non-hydrogen) atoms. The first kappa shape index (κ1) is 13.8. The molecule has 1 heterocycles. The average molecular weight is 261 g/mol. The van der Waals surface area contributed by atoms with Gasteiger partial charge in [-0.2, -0.15) is 0 Å². The van der Waals surface area contributed by atoms with Crippen LogP contribution in [-0.2, 0) is 14.3 Å². The number of likely N-dealkylation sites (tertiary alicyclic amines) is 1. The number of carbonyl (C=O) groups excluding carboxylic acids is 2. The highest BCUT2D eigenvalue weighted by Gasteiger charge is 2.28. The van der Waals surface area contributed by atoms with Crippen molar-refractivity contribution in [3.63, 3.8) is 0 Å². The standard InChI is InChI=1S/C10H15NO5S/c1-7(12)17-6-16-9(13)8-2-4-11(5-3-8)10(14)15/h8H,2-6H2,1H3,(H,14,15). The summed E-state index contributed by atoms with van der Waals surface area (Å²) in [6.07, 6.45) is 0.00936. The minimum atomic E-state index is -0.955. The van der Waals surface area contributed by atoms with Crippen molar-refractivity contribution in [2.24, 2.45) is 5.92 Å². The Morgan fingerprint density at radius 3 is 2.41 bits per heavy atom. The number of amides is 1. The molecule has 1 fully saturated rings. The second kappa shape index (κ2) is 6.48. The smallest absolute Gasteiger partial charge is 0.407 e. The second-order valence-electron chi connectivity index (χ2n) is 3.76. The molecule has 0 bridgehead atoms. The van der Waals surface area contributed by atoms with Crippen molar-refractivity contribution >= 4 is 28.9 Å². The number of piperidine rings is 1. The summed E-state index contributed by atoms with van der Waals surface area (Å²) < 4.78 is 4.93. The normalized spacial score (nSPS) is 16.6. The van der Waals surface area contributed by atoms with Crippen LogP contribution in [0.5, 0.6) is 0 Å². The lowest BCUT2D eigenvalue weighted by Gasteiger charge is -2.28. The second-order valence-corrected chi connectivity index (χ2v) is 4.86. The predicted molar refractivity (Wildman–Crippen MR) is 61.6 cm³/mol. The molecular formula is C10H15NO5S. The molecule has 1 saturated heterocycles. The maximum atomic E-state index is 11.5. The molecule has 1 aliphatic heterocycles. The maximum absolute atomic E-state index is 11.5. The fraction of sp³-hybridized carbons (Fsp3) is 0.700. The molecule has 6 nitrogen and oxygen atoms in total. The number of hydrogen-bond donors (Lipinski definition) is 1. The van der Waals surface area contributed by atoms with Crippen LogP contribution >= 0.6 is 11.8 Å². The average Bonchev–Trinajstić information content (AvgIpc) is 2.28. The summed E-state index contributed by atoms with van der Waals surface area (Å²) in [6, 6.07) is 0. The van der Waals surface area contributed by atoms with Crippen molar-refractivity contribution in [1.82, 2.24) is 4.90 Å². The molecule has 1 N–H and O–H groups in total. The van der Waals surface area contributed by atoms with E-state index in [-0.39, 0.29) is 22.9 Å². The molecule has 0 spiro atoms. The molecule has 0 atom stereocenters. The first-order valence-corrected chi connectivity index (χ1v) is 6.27. The van der Waals surface area contributed by atoms with Gasteiger partial charge in [-0.1, -0.05) is 0 Å². The van der Waals surface area contributed by atoms with E-state index in [1.165, 1.54) is 11.8 Å². The van der Waals surface area contributed by atoms with Gasteiger partial charge in [-0.05, 0) is 24.6 Å². The Morgan fingerprint density at radius 2 is 1.94 bits per heavy atom. The zero-order valence-electron chi connectivity index (χ0n) is 9.55. The van der Waals surface area contributed by atoms with E-state index >= 15 is 0 Å². The van der Waals surface area contributed by atoms with E-state index in [1.54, 1.807) is 0 Å². The lowest BCUT2D eigenvalue weighted by atomic mass is 9.97. The first-order chi connectivity index (χ1) is 8.00. The molecule has 96 valence electrons. The Labute approximate surface area is 103 Å². The Balaban J connectivity index is 2.26. The minimum Gasteiger partial charge on any atom is -0.465 e.